The smallest absolute Gasteiger partial charge is 0.227 e. The van der Waals surface area contributed by atoms with Crippen LogP contribution in [-0.4, -0.2) is 19.0 Å². The Bertz CT molecular complexity index is 433. The summed E-state index contributed by atoms with van der Waals surface area (Å²) in [5.41, 5.74) is 2.30. The van der Waals surface area contributed by atoms with Gasteiger partial charge < -0.3 is 10.6 Å². The van der Waals surface area contributed by atoms with Crippen molar-refractivity contribution >= 4 is 5.91 Å². The number of hydrogen-bond donors (Lipinski definition) is 2. The van der Waals surface area contributed by atoms with Gasteiger partial charge >= 0.3 is 0 Å². The summed E-state index contributed by atoms with van der Waals surface area (Å²) >= 11 is 0. The van der Waals surface area contributed by atoms with Crippen LogP contribution in [0.15, 0.2) is 24.3 Å². The van der Waals surface area contributed by atoms with Crippen LogP contribution in [0.5, 0.6) is 0 Å². The summed E-state index contributed by atoms with van der Waals surface area (Å²) in [4.78, 5) is 12.5. The zero-order valence-electron chi connectivity index (χ0n) is 12.7. The third-order valence-corrected chi connectivity index (χ3v) is 4.52. The van der Waals surface area contributed by atoms with Gasteiger partial charge in [-0.2, -0.15) is 0 Å². The number of hydrogen-bond acceptors (Lipinski definition) is 2. The Morgan fingerprint density at radius 3 is 2.50 bits per heavy atom. The Morgan fingerprint density at radius 1 is 1.25 bits per heavy atom. The fourth-order valence-electron chi connectivity index (χ4n) is 2.89. The van der Waals surface area contributed by atoms with Gasteiger partial charge in [0, 0.05) is 13.1 Å². The molecule has 1 aliphatic rings. The highest BCUT2D eigenvalue weighted by molar-refractivity contribution is 5.83. The van der Waals surface area contributed by atoms with Gasteiger partial charge in [-0.15, -0.1) is 0 Å². The molecule has 0 saturated carbocycles. The first-order chi connectivity index (χ1) is 9.70. The highest BCUT2D eigenvalue weighted by Crippen LogP contribution is 2.30. The summed E-state index contributed by atoms with van der Waals surface area (Å²) in [6.07, 6.45) is 4.04. The molecular weight excluding hydrogens is 248 g/mol. The monoisotopic (exact) mass is 274 g/mol. The lowest BCUT2D eigenvalue weighted by molar-refractivity contribution is -0.132. The molecule has 3 nitrogen and oxygen atoms in total. The van der Waals surface area contributed by atoms with Crippen molar-refractivity contribution in [3.05, 3.63) is 35.4 Å². The zero-order chi connectivity index (χ0) is 14.4. The SMILES string of the molecule is CCc1ccc(CNC(=O)C2(CC)CCCNC2)cc1. The normalized spacial score (nSPS) is 22.5. The minimum atomic E-state index is -0.207. The van der Waals surface area contributed by atoms with Crippen LogP contribution in [0.25, 0.3) is 0 Å². The molecule has 1 unspecified atom stereocenters. The van der Waals surface area contributed by atoms with Gasteiger partial charge in [0.25, 0.3) is 0 Å². The molecule has 0 aromatic heterocycles. The molecule has 1 atom stereocenters. The number of aryl methyl sites for hydroxylation is 1. The topological polar surface area (TPSA) is 41.1 Å². The summed E-state index contributed by atoms with van der Waals surface area (Å²) in [7, 11) is 0. The Morgan fingerprint density at radius 2 is 1.95 bits per heavy atom. The molecule has 1 amide bonds. The molecule has 20 heavy (non-hydrogen) atoms. The van der Waals surface area contributed by atoms with Crippen LogP contribution in [0.2, 0.25) is 0 Å². The molecule has 2 N–H and O–H groups in total. The molecule has 0 aliphatic carbocycles. The van der Waals surface area contributed by atoms with E-state index in [9.17, 15) is 4.79 Å². The van der Waals surface area contributed by atoms with Crippen LogP contribution in [-0.2, 0) is 17.8 Å². The third-order valence-electron chi connectivity index (χ3n) is 4.52. The Hall–Kier alpha value is -1.35. The van der Waals surface area contributed by atoms with Crippen LogP contribution < -0.4 is 10.6 Å². The Labute approximate surface area is 122 Å². The lowest BCUT2D eigenvalue weighted by Gasteiger charge is -2.35. The average Bonchev–Trinajstić information content (AvgIpc) is 2.53. The van der Waals surface area contributed by atoms with Gasteiger partial charge in [0.05, 0.1) is 5.41 Å². The molecule has 1 fully saturated rings. The van der Waals surface area contributed by atoms with E-state index in [-0.39, 0.29) is 11.3 Å². The number of nitrogens with one attached hydrogen (secondary N) is 2. The van der Waals surface area contributed by atoms with Gasteiger partial charge in [0.15, 0.2) is 0 Å². The fraction of sp³-hybridized carbons (Fsp3) is 0.588. The molecule has 1 saturated heterocycles. The largest absolute Gasteiger partial charge is 0.352 e. The van der Waals surface area contributed by atoms with Gasteiger partial charge in [-0.25, -0.2) is 0 Å². The minimum absolute atomic E-state index is 0.201. The zero-order valence-corrected chi connectivity index (χ0v) is 12.7. The number of carbonyl (C=O) groups is 1. The molecule has 0 bridgehead atoms. The molecule has 0 spiro atoms. The van der Waals surface area contributed by atoms with Gasteiger partial charge in [-0.3, -0.25) is 4.79 Å². The van der Waals surface area contributed by atoms with Crippen molar-refractivity contribution in [1.82, 2.24) is 10.6 Å². The van der Waals surface area contributed by atoms with Gasteiger partial charge in [-0.05, 0) is 43.4 Å². The maximum Gasteiger partial charge on any atom is 0.227 e. The molecule has 1 heterocycles. The molecule has 110 valence electrons. The second kappa shape index (κ2) is 6.89. The lowest BCUT2D eigenvalue weighted by atomic mass is 9.77. The average molecular weight is 274 g/mol. The highest BCUT2D eigenvalue weighted by Gasteiger charge is 2.37. The van der Waals surface area contributed by atoms with E-state index in [1.54, 1.807) is 0 Å². The first kappa shape index (κ1) is 15.0. The van der Waals surface area contributed by atoms with Crippen LogP contribution in [0.3, 0.4) is 0 Å². The first-order valence-electron chi connectivity index (χ1n) is 7.77. The van der Waals surface area contributed by atoms with E-state index in [1.165, 1.54) is 11.1 Å². The van der Waals surface area contributed by atoms with Crippen LogP contribution >= 0.6 is 0 Å². The molecule has 1 aromatic carbocycles. The molecule has 3 heteroatoms. The van der Waals surface area contributed by atoms with Crippen molar-refractivity contribution in [2.24, 2.45) is 5.41 Å². The summed E-state index contributed by atoms with van der Waals surface area (Å²) in [6.45, 7) is 6.74. The van der Waals surface area contributed by atoms with E-state index in [4.69, 9.17) is 0 Å². The molecule has 2 rings (SSSR count). The summed E-state index contributed by atoms with van der Waals surface area (Å²) < 4.78 is 0. The second-order valence-corrected chi connectivity index (χ2v) is 5.77. The molecule has 0 radical (unpaired) electrons. The maximum absolute atomic E-state index is 12.5. The van der Waals surface area contributed by atoms with E-state index >= 15 is 0 Å². The van der Waals surface area contributed by atoms with Crippen LogP contribution in [0.1, 0.15) is 44.2 Å². The fourth-order valence-corrected chi connectivity index (χ4v) is 2.89. The number of carbonyl (C=O) groups excluding carboxylic acids is 1. The van der Waals surface area contributed by atoms with E-state index < -0.39 is 0 Å². The summed E-state index contributed by atoms with van der Waals surface area (Å²) in [6, 6.07) is 8.49. The van der Waals surface area contributed by atoms with E-state index in [0.29, 0.717) is 6.54 Å². The standard InChI is InChI=1S/C17H26N2O/c1-3-14-6-8-15(9-7-14)12-19-16(20)17(4-2)10-5-11-18-13-17/h6-9,18H,3-5,10-13H2,1-2H3,(H,19,20). The van der Waals surface area contributed by atoms with E-state index in [0.717, 1.165) is 38.8 Å². The van der Waals surface area contributed by atoms with Crippen LogP contribution in [0.4, 0.5) is 0 Å². The first-order valence-corrected chi connectivity index (χ1v) is 7.77. The van der Waals surface area contributed by atoms with Crippen molar-refractivity contribution in [1.29, 1.82) is 0 Å². The Balaban J connectivity index is 1.93. The number of rotatable bonds is 5. The van der Waals surface area contributed by atoms with Crippen molar-refractivity contribution in [2.75, 3.05) is 13.1 Å². The number of benzene rings is 1. The summed E-state index contributed by atoms with van der Waals surface area (Å²) in [5.74, 6) is 0.201. The van der Waals surface area contributed by atoms with Gasteiger partial charge in [0.2, 0.25) is 5.91 Å². The predicted molar refractivity (Wildman–Crippen MR) is 82.5 cm³/mol. The van der Waals surface area contributed by atoms with E-state index in [2.05, 4.69) is 48.7 Å². The van der Waals surface area contributed by atoms with Gasteiger partial charge in [-0.1, -0.05) is 38.1 Å². The number of piperidine rings is 1. The molecule has 1 aliphatic heterocycles. The van der Waals surface area contributed by atoms with Crippen molar-refractivity contribution in [3.63, 3.8) is 0 Å². The predicted octanol–water partition coefficient (Wildman–Crippen LogP) is 2.65. The van der Waals surface area contributed by atoms with Crippen molar-refractivity contribution in [3.8, 4) is 0 Å². The van der Waals surface area contributed by atoms with Crippen molar-refractivity contribution < 1.29 is 4.79 Å². The molecular formula is C17H26N2O. The second-order valence-electron chi connectivity index (χ2n) is 5.77. The van der Waals surface area contributed by atoms with Gasteiger partial charge in [0.1, 0.15) is 0 Å². The maximum atomic E-state index is 12.5. The summed E-state index contributed by atoms with van der Waals surface area (Å²) in [5, 5.41) is 6.48. The quantitative estimate of drug-likeness (QED) is 0.866. The lowest BCUT2D eigenvalue weighted by Crippen LogP contribution is -2.50. The minimum Gasteiger partial charge on any atom is -0.352 e. The Kier molecular flexibility index (Phi) is 5.18. The van der Waals surface area contributed by atoms with Crippen molar-refractivity contribution in [2.45, 2.75) is 46.1 Å². The molecule has 1 aromatic rings. The van der Waals surface area contributed by atoms with Crippen LogP contribution in [0, 0.1) is 5.41 Å². The number of amides is 1. The third kappa shape index (κ3) is 3.40. The highest BCUT2D eigenvalue weighted by atomic mass is 16.2. The van der Waals surface area contributed by atoms with E-state index in [1.807, 2.05) is 0 Å².